The van der Waals surface area contributed by atoms with Gasteiger partial charge in [0.25, 0.3) is 0 Å². The number of nitrogens with zero attached hydrogens (tertiary/aromatic N) is 2. The molecule has 1 aromatic heterocycles. The highest BCUT2D eigenvalue weighted by Crippen LogP contribution is 2.28. The molecule has 0 radical (unpaired) electrons. The Morgan fingerprint density at radius 2 is 2.25 bits per heavy atom. The van der Waals surface area contributed by atoms with Crippen LogP contribution in [0.1, 0.15) is 25.5 Å². The van der Waals surface area contributed by atoms with Crippen molar-refractivity contribution in [2.24, 2.45) is 5.41 Å². The van der Waals surface area contributed by atoms with Gasteiger partial charge in [-0.2, -0.15) is 13.2 Å². The van der Waals surface area contributed by atoms with Crippen molar-refractivity contribution in [3.8, 4) is 0 Å². The second kappa shape index (κ2) is 7.57. The van der Waals surface area contributed by atoms with E-state index in [2.05, 4.69) is 0 Å². The third-order valence-corrected chi connectivity index (χ3v) is 4.25. The number of piperidine rings is 1. The van der Waals surface area contributed by atoms with Crippen LogP contribution >= 0.6 is 0 Å². The molecule has 24 heavy (non-hydrogen) atoms. The van der Waals surface area contributed by atoms with Crippen LogP contribution in [-0.2, 0) is 11.3 Å². The molecule has 0 saturated carbocycles. The molecule has 1 fully saturated rings. The average Bonchev–Trinajstić information content (AvgIpc) is 2.98. The Labute approximate surface area is 139 Å². The molecule has 1 aromatic rings. The summed E-state index contributed by atoms with van der Waals surface area (Å²) in [5, 5.41) is 9.45. The van der Waals surface area contributed by atoms with Gasteiger partial charge in [-0.3, -0.25) is 9.69 Å². The van der Waals surface area contributed by atoms with Gasteiger partial charge in [0.2, 0.25) is 5.91 Å². The maximum atomic E-state index is 12.8. The molecule has 0 aromatic carbocycles. The Morgan fingerprint density at radius 3 is 2.83 bits per heavy atom. The number of alkyl halides is 3. The van der Waals surface area contributed by atoms with Crippen LogP contribution in [0.3, 0.4) is 0 Å². The van der Waals surface area contributed by atoms with Crippen LogP contribution in [0, 0.1) is 5.41 Å². The van der Waals surface area contributed by atoms with Crippen molar-refractivity contribution in [2.75, 3.05) is 32.8 Å². The van der Waals surface area contributed by atoms with E-state index in [4.69, 9.17) is 4.42 Å². The molecule has 8 heteroatoms. The van der Waals surface area contributed by atoms with Crippen molar-refractivity contribution in [1.82, 2.24) is 9.80 Å². The fourth-order valence-electron chi connectivity index (χ4n) is 3.02. The smallest absolute Gasteiger partial charge is 0.406 e. The lowest BCUT2D eigenvalue weighted by molar-refractivity contribution is -0.164. The Kier molecular flexibility index (Phi) is 5.92. The van der Waals surface area contributed by atoms with Crippen LogP contribution in [-0.4, -0.2) is 59.8 Å². The van der Waals surface area contributed by atoms with Crippen LogP contribution in [0.25, 0.3) is 0 Å². The topological polar surface area (TPSA) is 56.9 Å². The summed E-state index contributed by atoms with van der Waals surface area (Å²) in [5.41, 5.74) is -0.311. The van der Waals surface area contributed by atoms with E-state index in [1.807, 2.05) is 11.8 Å². The number of aliphatic hydroxyl groups is 1. The average molecular weight is 348 g/mol. The molecule has 1 amide bonds. The lowest BCUT2D eigenvalue weighted by Crippen LogP contribution is -2.49. The minimum atomic E-state index is -4.47. The minimum absolute atomic E-state index is 0.00362. The van der Waals surface area contributed by atoms with E-state index in [-0.39, 0.29) is 25.1 Å². The first-order chi connectivity index (χ1) is 11.2. The zero-order valence-corrected chi connectivity index (χ0v) is 13.7. The Hall–Kier alpha value is -1.54. The molecular weight excluding hydrogens is 325 g/mol. The van der Waals surface area contributed by atoms with E-state index in [0.29, 0.717) is 18.8 Å². The summed E-state index contributed by atoms with van der Waals surface area (Å²) in [7, 11) is 0. The van der Waals surface area contributed by atoms with Crippen LogP contribution in [0.2, 0.25) is 0 Å². The van der Waals surface area contributed by atoms with E-state index < -0.39 is 18.6 Å². The highest BCUT2D eigenvalue weighted by molar-refractivity contribution is 5.78. The molecule has 1 saturated heterocycles. The number of aliphatic hydroxyl groups excluding tert-OH is 1. The fourth-order valence-corrected chi connectivity index (χ4v) is 3.02. The molecule has 0 aliphatic carbocycles. The number of hydrogen-bond donors (Lipinski definition) is 1. The van der Waals surface area contributed by atoms with Gasteiger partial charge in [0.05, 0.1) is 19.4 Å². The zero-order chi connectivity index (χ0) is 17.8. The van der Waals surface area contributed by atoms with Crippen molar-refractivity contribution in [2.45, 2.75) is 32.5 Å². The summed E-state index contributed by atoms with van der Waals surface area (Å²) in [5.74, 6) is -0.280. The van der Waals surface area contributed by atoms with E-state index >= 15 is 0 Å². The zero-order valence-electron chi connectivity index (χ0n) is 13.7. The molecule has 1 N–H and O–H groups in total. The Morgan fingerprint density at radius 1 is 1.50 bits per heavy atom. The number of amides is 1. The van der Waals surface area contributed by atoms with Gasteiger partial charge in [-0.1, -0.05) is 6.92 Å². The normalized spacial score (nSPS) is 22.5. The second-order valence-electron chi connectivity index (χ2n) is 6.73. The summed E-state index contributed by atoms with van der Waals surface area (Å²) in [6.45, 7) is 1.44. The van der Waals surface area contributed by atoms with Gasteiger partial charge < -0.3 is 14.4 Å². The predicted molar refractivity (Wildman–Crippen MR) is 81.0 cm³/mol. The molecule has 2 heterocycles. The van der Waals surface area contributed by atoms with Gasteiger partial charge >= 0.3 is 6.18 Å². The standard InChI is InChI=1S/C16H23F3N2O3/c1-15(12-22)5-3-6-20(10-15)9-14(23)21(11-16(17,18)19)8-13-4-2-7-24-13/h2,4,7,22H,3,5-6,8-12H2,1H3. The Balaban J connectivity index is 2.01. The van der Waals surface area contributed by atoms with E-state index in [1.54, 1.807) is 12.1 Å². The third-order valence-electron chi connectivity index (χ3n) is 4.25. The van der Waals surface area contributed by atoms with Crippen molar-refractivity contribution in [3.05, 3.63) is 24.2 Å². The van der Waals surface area contributed by atoms with E-state index in [9.17, 15) is 23.1 Å². The monoisotopic (exact) mass is 348 g/mol. The first kappa shape index (κ1) is 18.8. The fraction of sp³-hybridized carbons (Fsp3) is 0.688. The maximum Gasteiger partial charge on any atom is 0.406 e. The third kappa shape index (κ3) is 5.52. The van der Waals surface area contributed by atoms with Gasteiger partial charge in [0.15, 0.2) is 0 Å². The molecule has 0 bridgehead atoms. The summed E-state index contributed by atoms with van der Waals surface area (Å²) < 4.78 is 43.4. The number of furan rings is 1. The van der Waals surface area contributed by atoms with Crippen LogP contribution in [0.4, 0.5) is 13.2 Å². The first-order valence-corrected chi connectivity index (χ1v) is 7.91. The number of carbonyl (C=O) groups excluding carboxylic acids is 1. The number of carbonyl (C=O) groups is 1. The van der Waals surface area contributed by atoms with Gasteiger partial charge in [-0.05, 0) is 31.5 Å². The van der Waals surface area contributed by atoms with Gasteiger partial charge in [0.1, 0.15) is 12.3 Å². The summed E-state index contributed by atoms with van der Waals surface area (Å²) in [4.78, 5) is 15.0. The summed E-state index contributed by atoms with van der Waals surface area (Å²) in [6.07, 6.45) is -1.46. The molecule has 2 rings (SSSR count). The van der Waals surface area contributed by atoms with Crippen molar-refractivity contribution < 1.29 is 27.5 Å². The van der Waals surface area contributed by atoms with Crippen LogP contribution < -0.4 is 0 Å². The van der Waals surface area contributed by atoms with Crippen LogP contribution in [0.15, 0.2) is 22.8 Å². The van der Waals surface area contributed by atoms with Crippen molar-refractivity contribution in [1.29, 1.82) is 0 Å². The number of likely N-dealkylation sites (tertiary alicyclic amines) is 1. The van der Waals surface area contributed by atoms with E-state index in [0.717, 1.165) is 17.7 Å². The molecule has 136 valence electrons. The molecule has 1 aliphatic heterocycles. The molecule has 1 aliphatic rings. The predicted octanol–water partition coefficient (Wildman–Crippen LogP) is 2.26. The second-order valence-corrected chi connectivity index (χ2v) is 6.73. The van der Waals surface area contributed by atoms with Gasteiger partial charge in [0, 0.05) is 18.6 Å². The van der Waals surface area contributed by atoms with Crippen LogP contribution in [0.5, 0.6) is 0 Å². The lowest BCUT2D eigenvalue weighted by atomic mass is 9.83. The molecular formula is C16H23F3N2O3. The number of hydrogen-bond acceptors (Lipinski definition) is 4. The summed E-state index contributed by atoms with van der Waals surface area (Å²) >= 11 is 0. The largest absolute Gasteiger partial charge is 0.467 e. The first-order valence-electron chi connectivity index (χ1n) is 7.91. The number of rotatable bonds is 6. The summed E-state index contributed by atoms with van der Waals surface area (Å²) in [6, 6.07) is 3.11. The highest BCUT2D eigenvalue weighted by atomic mass is 19.4. The van der Waals surface area contributed by atoms with Gasteiger partial charge in [-0.15, -0.1) is 0 Å². The molecule has 5 nitrogen and oxygen atoms in total. The molecule has 0 spiro atoms. The van der Waals surface area contributed by atoms with Crippen molar-refractivity contribution in [3.63, 3.8) is 0 Å². The quantitative estimate of drug-likeness (QED) is 0.857. The lowest BCUT2D eigenvalue weighted by Gasteiger charge is -2.39. The highest BCUT2D eigenvalue weighted by Gasteiger charge is 2.35. The molecule has 1 unspecified atom stereocenters. The van der Waals surface area contributed by atoms with Gasteiger partial charge in [-0.25, -0.2) is 0 Å². The molecule has 1 atom stereocenters. The Bertz CT molecular complexity index is 533. The number of halogens is 3. The van der Waals surface area contributed by atoms with E-state index in [1.165, 1.54) is 6.26 Å². The minimum Gasteiger partial charge on any atom is -0.467 e. The SMILES string of the molecule is CC1(CO)CCCN(CC(=O)N(Cc2ccco2)CC(F)(F)F)C1. The maximum absolute atomic E-state index is 12.8. The van der Waals surface area contributed by atoms with Crippen molar-refractivity contribution >= 4 is 5.91 Å².